The Kier molecular flexibility index (Phi) is 5.59. The third kappa shape index (κ3) is 4.53. The van der Waals surface area contributed by atoms with Crippen LogP contribution in [0.1, 0.15) is 12.8 Å². The van der Waals surface area contributed by atoms with Crippen LogP contribution in [0.5, 0.6) is 5.75 Å². The standard InChI is InChI=1S/C21H24N6O/c22-16-18-8-13-26(14-9-18)27-15-10-23-21(17-27)28-20-6-4-19(5-7-20)24-25-11-2-1-3-12-25/h1-7,10-11,17-18,24H,8-9,12-15H2. The summed E-state index contributed by atoms with van der Waals surface area (Å²) in [6.07, 6.45) is 13.7. The molecule has 1 aromatic rings. The molecule has 1 fully saturated rings. The average Bonchev–Trinajstić information content (AvgIpc) is 2.76. The van der Waals surface area contributed by atoms with E-state index >= 15 is 0 Å². The number of piperidine rings is 1. The van der Waals surface area contributed by atoms with E-state index in [9.17, 15) is 0 Å². The number of nitriles is 1. The van der Waals surface area contributed by atoms with Crippen molar-refractivity contribution in [1.29, 1.82) is 5.26 Å². The first-order chi connectivity index (χ1) is 13.8. The second-order valence-corrected chi connectivity index (χ2v) is 6.92. The van der Waals surface area contributed by atoms with E-state index in [4.69, 9.17) is 10.00 Å². The molecule has 0 spiro atoms. The third-order valence-electron chi connectivity index (χ3n) is 4.93. The maximum absolute atomic E-state index is 9.06. The van der Waals surface area contributed by atoms with Crippen LogP contribution in [0.15, 0.2) is 65.8 Å². The topological polar surface area (TPSA) is 67.1 Å². The van der Waals surface area contributed by atoms with Crippen LogP contribution in [0.3, 0.4) is 0 Å². The summed E-state index contributed by atoms with van der Waals surface area (Å²) in [6.45, 7) is 3.33. The van der Waals surface area contributed by atoms with Crippen molar-refractivity contribution >= 4 is 11.9 Å². The molecule has 0 amide bonds. The Hall–Kier alpha value is -3.24. The number of hydrazine groups is 2. The number of benzene rings is 1. The molecule has 7 heteroatoms. The zero-order valence-electron chi connectivity index (χ0n) is 15.7. The Morgan fingerprint density at radius 1 is 1.11 bits per heavy atom. The van der Waals surface area contributed by atoms with Gasteiger partial charge in [0.05, 0.1) is 31.0 Å². The Bertz CT molecular complexity index is 827. The molecule has 3 aliphatic heterocycles. The van der Waals surface area contributed by atoms with Gasteiger partial charge < -0.3 is 9.75 Å². The molecule has 0 bridgehead atoms. The van der Waals surface area contributed by atoms with Gasteiger partial charge >= 0.3 is 0 Å². The third-order valence-corrected chi connectivity index (χ3v) is 4.93. The van der Waals surface area contributed by atoms with Crippen molar-refractivity contribution < 1.29 is 4.74 Å². The first-order valence-electron chi connectivity index (χ1n) is 9.60. The van der Waals surface area contributed by atoms with Gasteiger partial charge in [0.2, 0.25) is 5.88 Å². The smallest absolute Gasteiger partial charge is 0.236 e. The summed E-state index contributed by atoms with van der Waals surface area (Å²) in [5, 5.41) is 15.5. The minimum atomic E-state index is 0.179. The van der Waals surface area contributed by atoms with Crippen LogP contribution in [0, 0.1) is 17.2 Å². The SMILES string of the molecule is N#CC1CCN(N2C=C(Oc3ccc(NN4C=CC=CC4)cc3)N=CC2)CC1. The summed E-state index contributed by atoms with van der Waals surface area (Å²) in [7, 11) is 0. The van der Waals surface area contributed by atoms with Crippen LogP contribution in [-0.2, 0) is 0 Å². The monoisotopic (exact) mass is 376 g/mol. The van der Waals surface area contributed by atoms with Crippen LogP contribution < -0.4 is 10.2 Å². The number of hydrogen-bond donors (Lipinski definition) is 1. The van der Waals surface area contributed by atoms with Crippen molar-refractivity contribution in [2.24, 2.45) is 10.9 Å². The molecule has 3 heterocycles. The number of anilines is 1. The fourth-order valence-corrected chi connectivity index (χ4v) is 3.36. The Morgan fingerprint density at radius 3 is 2.64 bits per heavy atom. The molecule has 3 aliphatic rings. The lowest BCUT2D eigenvalue weighted by molar-refractivity contribution is 0.00594. The Morgan fingerprint density at radius 2 is 1.93 bits per heavy atom. The van der Waals surface area contributed by atoms with E-state index in [0.717, 1.165) is 50.5 Å². The van der Waals surface area contributed by atoms with Crippen molar-refractivity contribution in [3.63, 3.8) is 0 Å². The van der Waals surface area contributed by atoms with Gasteiger partial charge in [0, 0.05) is 31.4 Å². The van der Waals surface area contributed by atoms with E-state index in [0.29, 0.717) is 5.88 Å². The van der Waals surface area contributed by atoms with Crippen molar-refractivity contribution in [3.8, 4) is 11.8 Å². The van der Waals surface area contributed by atoms with Crippen LogP contribution in [0.25, 0.3) is 0 Å². The van der Waals surface area contributed by atoms with Crippen molar-refractivity contribution in [1.82, 2.24) is 15.0 Å². The number of allylic oxidation sites excluding steroid dienone is 2. The van der Waals surface area contributed by atoms with Gasteiger partial charge in [-0.05, 0) is 43.2 Å². The van der Waals surface area contributed by atoms with Gasteiger partial charge in [-0.3, -0.25) is 10.4 Å². The molecule has 144 valence electrons. The molecule has 4 rings (SSSR count). The van der Waals surface area contributed by atoms with Gasteiger partial charge in [-0.1, -0.05) is 12.2 Å². The van der Waals surface area contributed by atoms with E-state index < -0.39 is 0 Å². The highest BCUT2D eigenvalue weighted by atomic mass is 16.5. The zero-order chi connectivity index (χ0) is 19.2. The lowest BCUT2D eigenvalue weighted by Gasteiger charge is -2.38. The Labute approximate surface area is 165 Å². The highest BCUT2D eigenvalue weighted by Crippen LogP contribution is 2.22. The van der Waals surface area contributed by atoms with Gasteiger partial charge in [-0.2, -0.15) is 5.26 Å². The van der Waals surface area contributed by atoms with Gasteiger partial charge in [0.25, 0.3) is 0 Å². The van der Waals surface area contributed by atoms with Gasteiger partial charge in [-0.25, -0.2) is 10.0 Å². The molecule has 0 unspecified atom stereocenters. The predicted octanol–water partition coefficient (Wildman–Crippen LogP) is 3.11. The highest BCUT2D eigenvalue weighted by molar-refractivity contribution is 5.62. The van der Waals surface area contributed by atoms with E-state index in [1.165, 1.54) is 0 Å². The molecule has 1 N–H and O–H groups in total. The molecule has 1 aromatic carbocycles. The molecule has 0 radical (unpaired) electrons. The second-order valence-electron chi connectivity index (χ2n) is 6.92. The largest absolute Gasteiger partial charge is 0.438 e. The molecular weight excluding hydrogens is 352 g/mol. The first-order valence-corrected chi connectivity index (χ1v) is 9.60. The highest BCUT2D eigenvalue weighted by Gasteiger charge is 2.23. The molecule has 28 heavy (non-hydrogen) atoms. The fourth-order valence-electron chi connectivity index (χ4n) is 3.36. The molecule has 0 aliphatic carbocycles. The zero-order valence-corrected chi connectivity index (χ0v) is 15.7. The number of nitrogens with zero attached hydrogens (tertiary/aromatic N) is 5. The second kappa shape index (κ2) is 8.63. The Balaban J connectivity index is 1.33. The summed E-state index contributed by atoms with van der Waals surface area (Å²) < 4.78 is 5.94. The van der Waals surface area contributed by atoms with E-state index in [2.05, 4.69) is 32.6 Å². The first kappa shape index (κ1) is 18.1. The van der Waals surface area contributed by atoms with Crippen molar-refractivity contribution in [2.45, 2.75) is 12.8 Å². The number of aliphatic imine (C=N–C) groups is 1. The van der Waals surface area contributed by atoms with E-state index in [1.807, 2.05) is 60.0 Å². The van der Waals surface area contributed by atoms with E-state index in [-0.39, 0.29) is 5.92 Å². The maximum Gasteiger partial charge on any atom is 0.236 e. The van der Waals surface area contributed by atoms with Crippen molar-refractivity contribution in [2.75, 3.05) is 31.6 Å². The summed E-state index contributed by atoms with van der Waals surface area (Å²) in [5.74, 6) is 1.49. The molecule has 7 nitrogen and oxygen atoms in total. The van der Waals surface area contributed by atoms with E-state index in [1.54, 1.807) is 0 Å². The molecule has 1 saturated heterocycles. The number of hydrogen-bond acceptors (Lipinski definition) is 7. The van der Waals surface area contributed by atoms with Crippen molar-refractivity contribution in [3.05, 3.63) is 60.8 Å². The maximum atomic E-state index is 9.06. The summed E-state index contributed by atoms with van der Waals surface area (Å²) in [5.41, 5.74) is 4.32. The summed E-state index contributed by atoms with van der Waals surface area (Å²) in [4.78, 5) is 4.37. The molecular formula is C21H24N6O. The number of nitrogens with one attached hydrogen (secondary N) is 1. The predicted molar refractivity (Wildman–Crippen MR) is 109 cm³/mol. The molecule has 0 atom stereocenters. The minimum Gasteiger partial charge on any atom is -0.438 e. The summed E-state index contributed by atoms with van der Waals surface area (Å²) >= 11 is 0. The van der Waals surface area contributed by atoms with Crippen LogP contribution in [0.4, 0.5) is 5.69 Å². The van der Waals surface area contributed by atoms with Gasteiger partial charge in [0.1, 0.15) is 5.75 Å². The number of rotatable bonds is 5. The molecule has 0 saturated carbocycles. The van der Waals surface area contributed by atoms with Gasteiger partial charge in [0.15, 0.2) is 0 Å². The van der Waals surface area contributed by atoms with Crippen LogP contribution >= 0.6 is 0 Å². The summed E-state index contributed by atoms with van der Waals surface area (Å²) in [6, 6.07) is 10.2. The van der Waals surface area contributed by atoms with Crippen LogP contribution in [0.2, 0.25) is 0 Å². The lowest BCUT2D eigenvalue weighted by Crippen LogP contribution is -2.46. The average molecular weight is 376 g/mol. The van der Waals surface area contributed by atoms with Crippen LogP contribution in [-0.4, -0.2) is 47.4 Å². The fraction of sp³-hybridized carbons (Fsp3) is 0.333. The molecule has 0 aromatic heterocycles. The van der Waals surface area contributed by atoms with Gasteiger partial charge in [-0.15, -0.1) is 0 Å². The number of ether oxygens (including phenoxy) is 1. The quantitative estimate of drug-likeness (QED) is 0.852. The normalized spacial score (nSPS) is 20.0. The lowest BCUT2D eigenvalue weighted by atomic mass is 10.00. The minimum absolute atomic E-state index is 0.179.